The zero-order valence-electron chi connectivity index (χ0n) is 10.4. The normalized spacial score (nSPS) is 12.6. The number of benzene rings is 1. The smallest absolute Gasteiger partial charge is 0.322 e. The highest BCUT2D eigenvalue weighted by Crippen LogP contribution is 2.25. The van der Waals surface area contributed by atoms with E-state index in [4.69, 9.17) is 5.73 Å². The van der Waals surface area contributed by atoms with Crippen molar-refractivity contribution in [3.05, 3.63) is 30.0 Å². The molecule has 0 aliphatic carbocycles. The Labute approximate surface area is 105 Å². The molecule has 0 aliphatic rings. The van der Waals surface area contributed by atoms with Gasteiger partial charge in [0.25, 0.3) is 0 Å². The summed E-state index contributed by atoms with van der Waals surface area (Å²) < 4.78 is 6.55. The highest BCUT2D eigenvalue weighted by molar-refractivity contribution is 5.86. The number of phenols is 1. The molecule has 3 N–H and O–H groups in total. The summed E-state index contributed by atoms with van der Waals surface area (Å²) in [4.78, 5) is 11.3. The molecule has 0 amide bonds. The topological polar surface area (TPSA) is 77.5 Å². The molecule has 1 unspecified atom stereocenters. The number of ether oxygens (including phenoxy) is 1. The van der Waals surface area contributed by atoms with E-state index in [1.54, 1.807) is 12.1 Å². The van der Waals surface area contributed by atoms with Crippen LogP contribution in [0.5, 0.6) is 5.75 Å². The maximum atomic E-state index is 11.3. The Morgan fingerprint density at radius 3 is 2.94 bits per heavy atom. The van der Waals surface area contributed by atoms with Crippen LogP contribution in [0.4, 0.5) is 0 Å². The molecule has 1 aromatic carbocycles. The zero-order valence-corrected chi connectivity index (χ0v) is 10.4. The van der Waals surface area contributed by atoms with Gasteiger partial charge in [0.05, 0.1) is 7.11 Å². The molecule has 2 aromatic rings. The van der Waals surface area contributed by atoms with Crippen LogP contribution in [0.3, 0.4) is 0 Å². The van der Waals surface area contributed by atoms with Crippen LogP contribution >= 0.6 is 0 Å². The predicted octanol–water partition coefficient (Wildman–Crippen LogP) is 0.927. The van der Waals surface area contributed by atoms with Gasteiger partial charge in [0.15, 0.2) is 0 Å². The van der Waals surface area contributed by atoms with Gasteiger partial charge in [-0.15, -0.1) is 0 Å². The largest absolute Gasteiger partial charge is 0.508 e. The van der Waals surface area contributed by atoms with Crippen LogP contribution in [0.25, 0.3) is 10.9 Å². The molecule has 0 bridgehead atoms. The predicted molar refractivity (Wildman–Crippen MR) is 68.3 cm³/mol. The lowest BCUT2D eigenvalue weighted by Gasteiger charge is -2.08. The molecule has 0 saturated carbocycles. The number of carbonyl (C=O) groups is 1. The number of esters is 1. The van der Waals surface area contributed by atoms with E-state index in [0.29, 0.717) is 6.42 Å². The second-order valence-corrected chi connectivity index (χ2v) is 4.30. The molecule has 2 rings (SSSR count). The molecule has 1 atom stereocenters. The summed E-state index contributed by atoms with van der Waals surface area (Å²) in [5.41, 5.74) is 7.66. The number of nitrogens with zero attached hydrogens (tertiary/aromatic N) is 1. The maximum Gasteiger partial charge on any atom is 0.322 e. The Bertz CT molecular complexity index is 589. The van der Waals surface area contributed by atoms with Crippen molar-refractivity contribution in [3.8, 4) is 5.75 Å². The first kappa shape index (κ1) is 12.4. The number of fused-ring (bicyclic) bond motifs is 1. The standard InChI is InChI=1S/C13H16N2O3/c1-15-7-8(5-11(14)13(17)18-2)10-6-9(16)3-4-12(10)15/h3-4,6-7,11,16H,5,14H2,1-2H3. The van der Waals surface area contributed by atoms with Crippen molar-refractivity contribution in [1.29, 1.82) is 0 Å². The van der Waals surface area contributed by atoms with Crippen molar-refractivity contribution in [2.45, 2.75) is 12.5 Å². The number of carbonyl (C=O) groups excluding carboxylic acids is 1. The fourth-order valence-electron chi connectivity index (χ4n) is 2.10. The molecule has 0 saturated heterocycles. The second kappa shape index (κ2) is 4.70. The van der Waals surface area contributed by atoms with Crippen molar-refractivity contribution in [1.82, 2.24) is 4.57 Å². The second-order valence-electron chi connectivity index (χ2n) is 4.30. The van der Waals surface area contributed by atoms with Gasteiger partial charge < -0.3 is 20.1 Å². The monoisotopic (exact) mass is 248 g/mol. The number of aromatic hydroxyl groups is 1. The van der Waals surface area contributed by atoms with Gasteiger partial charge in [-0.3, -0.25) is 4.79 Å². The number of hydrogen-bond acceptors (Lipinski definition) is 4. The number of rotatable bonds is 3. The molecule has 96 valence electrons. The average Bonchev–Trinajstić information content (AvgIpc) is 2.64. The summed E-state index contributed by atoms with van der Waals surface area (Å²) in [5.74, 6) is -0.242. The Kier molecular flexibility index (Phi) is 3.25. The molecule has 0 aliphatic heterocycles. The van der Waals surface area contributed by atoms with E-state index in [0.717, 1.165) is 16.5 Å². The van der Waals surface area contributed by atoms with E-state index in [1.165, 1.54) is 7.11 Å². The molecule has 1 heterocycles. The fourth-order valence-corrected chi connectivity index (χ4v) is 2.10. The maximum absolute atomic E-state index is 11.3. The van der Waals surface area contributed by atoms with E-state index in [-0.39, 0.29) is 5.75 Å². The van der Waals surface area contributed by atoms with E-state index in [9.17, 15) is 9.90 Å². The quantitative estimate of drug-likeness (QED) is 0.792. The Hall–Kier alpha value is -2.01. The third-order valence-corrected chi connectivity index (χ3v) is 3.00. The van der Waals surface area contributed by atoms with Gasteiger partial charge in [-0.25, -0.2) is 0 Å². The fraction of sp³-hybridized carbons (Fsp3) is 0.308. The SMILES string of the molecule is COC(=O)C(N)Cc1cn(C)c2ccc(O)cc12. The van der Waals surface area contributed by atoms with E-state index >= 15 is 0 Å². The highest BCUT2D eigenvalue weighted by atomic mass is 16.5. The van der Waals surface area contributed by atoms with Crippen molar-refractivity contribution in [2.24, 2.45) is 12.8 Å². The first-order valence-electron chi connectivity index (χ1n) is 5.63. The molecule has 1 aromatic heterocycles. The first-order valence-corrected chi connectivity index (χ1v) is 5.63. The summed E-state index contributed by atoms with van der Waals surface area (Å²) in [7, 11) is 3.23. The number of hydrogen-bond donors (Lipinski definition) is 2. The third-order valence-electron chi connectivity index (χ3n) is 3.00. The minimum Gasteiger partial charge on any atom is -0.508 e. The summed E-state index contributed by atoms with van der Waals surface area (Å²) in [6, 6.07) is 4.45. The lowest BCUT2D eigenvalue weighted by molar-refractivity contribution is -0.142. The molecule has 18 heavy (non-hydrogen) atoms. The van der Waals surface area contributed by atoms with Crippen LogP contribution in [0.2, 0.25) is 0 Å². The number of phenolic OH excluding ortho intramolecular Hbond substituents is 1. The third kappa shape index (κ3) is 2.17. The van der Waals surface area contributed by atoms with Gasteiger partial charge in [-0.05, 0) is 23.8 Å². The molecule has 5 nitrogen and oxygen atoms in total. The molecule has 0 fully saturated rings. The average molecular weight is 248 g/mol. The zero-order chi connectivity index (χ0) is 13.3. The molecule has 0 spiro atoms. The van der Waals surface area contributed by atoms with Gasteiger partial charge in [-0.1, -0.05) is 0 Å². The minimum absolute atomic E-state index is 0.196. The number of aromatic nitrogens is 1. The Balaban J connectivity index is 2.39. The van der Waals surface area contributed by atoms with Crippen LogP contribution in [-0.4, -0.2) is 28.8 Å². The number of aryl methyl sites for hydroxylation is 1. The van der Waals surface area contributed by atoms with E-state index in [1.807, 2.05) is 23.9 Å². The number of methoxy groups -OCH3 is 1. The lowest BCUT2D eigenvalue weighted by Crippen LogP contribution is -2.33. The molecular weight excluding hydrogens is 232 g/mol. The highest BCUT2D eigenvalue weighted by Gasteiger charge is 2.17. The van der Waals surface area contributed by atoms with Crippen LogP contribution in [-0.2, 0) is 23.0 Å². The summed E-state index contributed by atoms with van der Waals surface area (Å²) in [6.45, 7) is 0. The molecule has 5 heteroatoms. The van der Waals surface area contributed by atoms with Gasteiger partial charge in [0, 0.05) is 30.6 Å². The van der Waals surface area contributed by atoms with Crippen LogP contribution in [0.1, 0.15) is 5.56 Å². The van der Waals surface area contributed by atoms with Gasteiger partial charge in [-0.2, -0.15) is 0 Å². The Morgan fingerprint density at radius 2 is 2.28 bits per heavy atom. The molecule has 0 radical (unpaired) electrons. The van der Waals surface area contributed by atoms with E-state index < -0.39 is 12.0 Å². The summed E-state index contributed by atoms with van der Waals surface area (Å²) in [5, 5.41) is 10.4. The Morgan fingerprint density at radius 1 is 1.56 bits per heavy atom. The van der Waals surface area contributed by atoms with Crippen LogP contribution in [0.15, 0.2) is 24.4 Å². The van der Waals surface area contributed by atoms with Crippen molar-refractivity contribution >= 4 is 16.9 Å². The van der Waals surface area contributed by atoms with Gasteiger partial charge >= 0.3 is 5.97 Å². The summed E-state index contributed by atoms with van der Waals surface area (Å²) in [6.07, 6.45) is 2.29. The molecular formula is C13H16N2O3. The van der Waals surface area contributed by atoms with Gasteiger partial charge in [0.1, 0.15) is 11.8 Å². The van der Waals surface area contributed by atoms with Gasteiger partial charge in [0.2, 0.25) is 0 Å². The minimum atomic E-state index is -0.692. The van der Waals surface area contributed by atoms with Crippen LogP contribution in [0, 0.1) is 0 Å². The van der Waals surface area contributed by atoms with Crippen LogP contribution < -0.4 is 5.73 Å². The van der Waals surface area contributed by atoms with Crippen molar-refractivity contribution in [2.75, 3.05) is 7.11 Å². The lowest BCUT2D eigenvalue weighted by atomic mass is 10.1. The van der Waals surface area contributed by atoms with Crippen molar-refractivity contribution in [3.63, 3.8) is 0 Å². The van der Waals surface area contributed by atoms with E-state index in [2.05, 4.69) is 4.74 Å². The number of nitrogens with two attached hydrogens (primary N) is 1. The van der Waals surface area contributed by atoms with Crippen molar-refractivity contribution < 1.29 is 14.6 Å². The summed E-state index contributed by atoms with van der Waals surface area (Å²) >= 11 is 0. The first-order chi connectivity index (χ1) is 8.52.